The summed E-state index contributed by atoms with van der Waals surface area (Å²) in [4.78, 5) is 10.9. The highest BCUT2D eigenvalue weighted by atomic mass is 16.5. The van der Waals surface area contributed by atoms with Crippen molar-refractivity contribution in [3.63, 3.8) is 0 Å². The summed E-state index contributed by atoms with van der Waals surface area (Å²) in [6.45, 7) is 6.10. The molecule has 0 N–H and O–H groups in total. The van der Waals surface area contributed by atoms with Crippen molar-refractivity contribution < 1.29 is 14.1 Å². The van der Waals surface area contributed by atoms with Crippen molar-refractivity contribution in [2.45, 2.75) is 32.6 Å². The van der Waals surface area contributed by atoms with Crippen molar-refractivity contribution in [2.24, 2.45) is 0 Å². The molecule has 0 aliphatic rings. The summed E-state index contributed by atoms with van der Waals surface area (Å²) in [6.07, 6.45) is 0.138. The lowest BCUT2D eigenvalue weighted by Crippen LogP contribution is -2.11. The van der Waals surface area contributed by atoms with Crippen molar-refractivity contribution in [1.82, 2.24) is 5.16 Å². The SMILES string of the molecule is COC(=O)Cc1cc(C(C)(C)C)no1. The maximum Gasteiger partial charge on any atom is 0.313 e. The van der Waals surface area contributed by atoms with Gasteiger partial charge in [-0.05, 0) is 0 Å². The number of aromatic nitrogens is 1. The predicted octanol–water partition coefficient (Wildman–Crippen LogP) is 1.69. The second kappa shape index (κ2) is 3.82. The molecule has 0 radical (unpaired) electrons. The Balaban J connectivity index is 2.74. The van der Waals surface area contributed by atoms with Crippen molar-refractivity contribution in [3.8, 4) is 0 Å². The predicted molar refractivity (Wildman–Crippen MR) is 50.9 cm³/mol. The second-order valence-corrected chi connectivity index (χ2v) is 4.18. The van der Waals surface area contributed by atoms with Gasteiger partial charge in [0.25, 0.3) is 0 Å². The van der Waals surface area contributed by atoms with Gasteiger partial charge in [0.1, 0.15) is 12.2 Å². The van der Waals surface area contributed by atoms with Gasteiger partial charge in [-0.15, -0.1) is 0 Å². The number of nitrogens with zero attached hydrogens (tertiary/aromatic N) is 1. The van der Waals surface area contributed by atoms with E-state index in [1.165, 1.54) is 7.11 Å². The van der Waals surface area contributed by atoms with Crippen LogP contribution in [0, 0.1) is 0 Å². The van der Waals surface area contributed by atoms with Crippen molar-refractivity contribution in [2.75, 3.05) is 7.11 Å². The molecule has 0 aliphatic heterocycles. The van der Waals surface area contributed by atoms with Crippen LogP contribution in [0.2, 0.25) is 0 Å². The Labute approximate surface area is 83.2 Å². The van der Waals surface area contributed by atoms with E-state index in [9.17, 15) is 4.79 Å². The number of ether oxygens (including phenoxy) is 1. The van der Waals surface area contributed by atoms with Gasteiger partial charge in [-0.3, -0.25) is 4.79 Å². The number of hydrogen-bond acceptors (Lipinski definition) is 4. The molecule has 4 nitrogen and oxygen atoms in total. The number of carbonyl (C=O) groups is 1. The van der Waals surface area contributed by atoms with Gasteiger partial charge in [0.15, 0.2) is 0 Å². The van der Waals surface area contributed by atoms with Gasteiger partial charge >= 0.3 is 5.97 Å². The third-order valence-corrected chi connectivity index (χ3v) is 1.87. The molecule has 0 saturated heterocycles. The molecule has 0 bridgehead atoms. The molecule has 0 fully saturated rings. The molecule has 1 rings (SSSR count). The van der Waals surface area contributed by atoms with Gasteiger partial charge in [0, 0.05) is 11.5 Å². The average Bonchev–Trinajstić information content (AvgIpc) is 2.51. The average molecular weight is 197 g/mol. The first-order valence-corrected chi connectivity index (χ1v) is 4.46. The first-order valence-electron chi connectivity index (χ1n) is 4.46. The minimum absolute atomic E-state index is 0.0577. The first-order chi connectivity index (χ1) is 6.43. The van der Waals surface area contributed by atoms with Crippen LogP contribution in [-0.2, 0) is 21.4 Å². The molecule has 78 valence electrons. The van der Waals surface area contributed by atoms with E-state index in [0.717, 1.165) is 5.69 Å². The molecule has 0 amide bonds. The van der Waals surface area contributed by atoms with Crippen LogP contribution in [0.1, 0.15) is 32.2 Å². The molecule has 0 unspecified atom stereocenters. The molecule has 14 heavy (non-hydrogen) atoms. The van der Waals surface area contributed by atoms with Crippen LogP contribution >= 0.6 is 0 Å². The van der Waals surface area contributed by atoms with Crippen molar-refractivity contribution in [3.05, 3.63) is 17.5 Å². The van der Waals surface area contributed by atoms with Crippen LogP contribution in [0.25, 0.3) is 0 Å². The van der Waals surface area contributed by atoms with E-state index < -0.39 is 0 Å². The molecule has 0 saturated carbocycles. The number of esters is 1. The molecule has 0 spiro atoms. The fourth-order valence-corrected chi connectivity index (χ4v) is 0.964. The smallest absolute Gasteiger partial charge is 0.313 e. The minimum Gasteiger partial charge on any atom is -0.469 e. The summed E-state index contributed by atoms with van der Waals surface area (Å²) in [5, 5.41) is 3.89. The highest BCUT2D eigenvalue weighted by molar-refractivity contribution is 5.71. The topological polar surface area (TPSA) is 52.3 Å². The maximum absolute atomic E-state index is 10.9. The van der Waals surface area contributed by atoms with Gasteiger partial charge < -0.3 is 9.26 Å². The lowest BCUT2D eigenvalue weighted by atomic mass is 9.92. The van der Waals surface area contributed by atoms with Crippen LogP contribution in [0.4, 0.5) is 0 Å². The van der Waals surface area contributed by atoms with E-state index in [0.29, 0.717) is 5.76 Å². The first kappa shape index (κ1) is 10.8. The van der Waals surface area contributed by atoms with Crippen LogP contribution in [-0.4, -0.2) is 18.2 Å². The van der Waals surface area contributed by atoms with Gasteiger partial charge in [0.2, 0.25) is 0 Å². The van der Waals surface area contributed by atoms with E-state index in [2.05, 4.69) is 9.89 Å². The van der Waals surface area contributed by atoms with E-state index in [1.54, 1.807) is 6.07 Å². The fourth-order valence-electron chi connectivity index (χ4n) is 0.964. The summed E-state index contributed by atoms with van der Waals surface area (Å²) in [7, 11) is 1.35. The van der Waals surface area contributed by atoms with Gasteiger partial charge in [-0.2, -0.15) is 0 Å². The van der Waals surface area contributed by atoms with Crippen LogP contribution in [0.15, 0.2) is 10.6 Å². The Morgan fingerprint density at radius 3 is 2.64 bits per heavy atom. The van der Waals surface area contributed by atoms with E-state index in [1.807, 2.05) is 20.8 Å². The van der Waals surface area contributed by atoms with Crippen LogP contribution in [0.3, 0.4) is 0 Å². The molecule has 4 heteroatoms. The zero-order chi connectivity index (χ0) is 10.8. The van der Waals surface area contributed by atoms with Crippen LogP contribution in [0.5, 0.6) is 0 Å². The number of hydrogen-bond donors (Lipinski definition) is 0. The van der Waals surface area contributed by atoms with E-state index in [-0.39, 0.29) is 17.8 Å². The molecule has 0 aliphatic carbocycles. The third kappa shape index (κ3) is 2.58. The second-order valence-electron chi connectivity index (χ2n) is 4.18. The lowest BCUT2D eigenvalue weighted by Gasteiger charge is -2.12. The molecule has 1 heterocycles. The Morgan fingerprint density at radius 1 is 1.57 bits per heavy atom. The molecule has 0 atom stereocenters. The summed E-state index contributed by atoms with van der Waals surface area (Å²) < 4.78 is 9.54. The highest BCUT2D eigenvalue weighted by Gasteiger charge is 2.19. The largest absolute Gasteiger partial charge is 0.469 e. The summed E-state index contributed by atoms with van der Waals surface area (Å²) in [6, 6.07) is 1.79. The Kier molecular flexibility index (Phi) is 2.93. The maximum atomic E-state index is 10.9. The van der Waals surface area contributed by atoms with Gasteiger partial charge in [0.05, 0.1) is 12.8 Å². The van der Waals surface area contributed by atoms with Gasteiger partial charge in [-0.1, -0.05) is 25.9 Å². The third-order valence-electron chi connectivity index (χ3n) is 1.87. The molecule has 1 aromatic rings. The number of carbonyl (C=O) groups excluding carboxylic acids is 1. The number of methoxy groups -OCH3 is 1. The number of rotatable bonds is 2. The van der Waals surface area contributed by atoms with E-state index in [4.69, 9.17) is 4.52 Å². The fraction of sp³-hybridized carbons (Fsp3) is 0.600. The van der Waals surface area contributed by atoms with E-state index >= 15 is 0 Å². The zero-order valence-corrected chi connectivity index (χ0v) is 8.96. The summed E-state index contributed by atoms with van der Waals surface area (Å²) in [5.41, 5.74) is 0.786. The summed E-state index contributed by atoms with van der Waals surface area (Å²) in [5.74, 6) is 0.225. The molecular weight excluding hydrogens is 182 g/mol. The summed E-state index contributed by atoms with van der Waals surface area (Å²) >= 11 is 0. The Bertz CT molecular complexity index is 322. The Morgan fingerprint density at radius 2 is 2.21 bits per heavy atom. The Hall–Kier alpha value is -1.32. The zero-order valence-electron chi connectivity index (χ0n) is 8.96. The normalized spacial score (nSPS) is 11.4. The highest BCUT2D eigenvalue weighted by Crippen LogP contribution is 2.21. The van der Waals surface area contributed by atoms with Crippen LogP contribution < -0.4 is 0 Å². The lowest BCUT2D eigenvalue weighted by molar-refractivity contribution is -0.140. The molecule has 0 aromatic carbocycles. The molecule has 1 aromatic heterocycles. The van der Waals surface area contributed by atoms with Gasteiger partial charge in [-0.25, -0.2) is 0 Å². The van der Waals surface area contributed by atoms with Crippen molar-refractivity contribution >= 4 is 5.97 Å². The minimum atomic E-state index is -0.318. The molecular formula is C10H15NO3. The quantitative estimate of drug-likeness (QED) is 0.677. The monoisotopic (exact) mass is 197 g/mol. The standard InChI is InChI=1S/C10H15NO3/c1-10(2,3)8-5-7(14-11-8)6-9(12)13-4/h5H,6H2,1-4H3. The van der Waals surface area contributed by atoms with Crippen molar-refractivity contribution in [1.29, 1.82) is 0 Å².